The fourth-order valence-electron chi connectivity index (χ4n) is 3.02. The molecule has 0 atom stereocenters. The summed E-state index contributed by atoms with van der Waals surface area (Å²) in [5, 5.41) is 16.0. The van der Waals surface area contributed by atoms with E-state index in [0.29, 0.717) is 22.0 Å². The quantitative estimate of drug-likeness (QED) is 0.536. The van der Waals surface area contributed by atoms with E-state index in [4.69, 9.17) is 5.73 Å². The predicted octanol–water partition coefficient (Wildman–Crippen LogP) is 3.05. The maximum absolute atomic E-state index is 13.0. The number of alkyl halides is 3. The predicted molar refractivity (Wildman–Crippen MR) is 98.0 cm³/mol. The first-order valence-electron chi connectivity index (χ1n) is 8.37. The Morgan fingerprint density at radius 1 is 1.03 bits per heavy atom. The molecule has 0 aliphatic carbocycles. The molecular weight excluding hydrogens is 385 g/mol. The summed E-state index contributed by atoms with van der Waals surface area (Å²) in [7, 11) is 0. The third-order valence-electron chi connectivity index (χ3n) is 4.34. The van der Waals surface area contributed by atoms with Crippen LogP contribution in [0.1, 0.15) is 16.1 Å². The summed E-state index contributed by atoms with van der Waals surface area (Å²) in [5.41, 5.74) is 6.57. The van der Waals surface area contributed by atoms with Crippen LogP contribution in [0.15, 0.2) is 60.8 Å². The number of nitrogen functional groups attached to an aromatic ring is 1. The third kappa shape index (κ3) is 3.49. The van der Waals surface area contributed by atoms with Gasteiger partial charge in [0.1, 0.15) is 5.69 Å². The highest BCUT2D eigenvalue weighted by Gasteiger charge is 2.32. The van der Waals surface area contributed by atoms with Crippen LogP contribution in [0.3, 0.4) is 0 Å². The molecule has 4 aromatic rings. The van der Waals surface area contributed by atoms with Crippen LogP contribution in [0, 0.1) is 0 Å². The summed E-state index contributed by atoms with van der Waals surface area (Å²) in [6.07, 6.45) is -3.07. The van der Waals surface area contributed by atoms with Gasteiger partial charge in [0.15, 0.2) is 5.82 Å². The van der Waals surface area contributed by atoms with E-state index in [2.05, 4.69) is 10.1 Å². The second-order valence-electron chi connectivity index (χ2n) is 6.34. The fourth-order valence-corrected chi connectivity index (χ4v) is 3.02. The van der Waals surface area contributed by atoms with Gasteiger partial charge in [-0.15, -0.1) is 0 Å². The average molecular weight is 397 g/mol. The van der Waals surface area contributed by atoms with Gasteiger partial charge in [-0.1, -0.05) is 18.2 Å². The second kappa shape index (κ2) is 6.62. The van der Waals surface area contributed by atoms with E-state index in [-0.39, 0.29) is 17.1 Å². The Labute approximate surface area is 162 Å². The summed E-state index contributed by atoms with van der Waals surface area (Å²) in [6, 6.07) is 13.0. The monoisotopic (exact) mass is 397 g/mol. The topological polar surface area (TPSA) is 96.9 Å². The van der Waals surface area contributed by atoms with Crippen LogP contribution in [0.2, 0.25) is 0 Å². The van der Waals surface area contributed by atoms with Crippen molar-refractivity contribution in [2.45, 2.75) is 6.18 Å². The molecule has 0 amide bonds. The van der Waals surface area contributed by atoms with Crippen molar-refractivity contribution < 1.29 is 23.1 Å². The Balaban J connectivity index is 1.86. The minimum absolute atomic E-state index is 0.00924. The molecule has 9 heteroatoms. The standard InChI is InChI=1S/C20H13F3N4O2/c21-20(22,23)17-2-1-3-18(26-17)27-16-9-11(4-5-12(16)10-25-27)13-6-14(19(28)29)8-15(24)7-13/h1-10H,24H2,(H,28,29)/p-1. The van der Waals surface area contributed by atoms with Crippen LogP contribution < -0.4 is 10.8 Å². The molecule has 146 valence electrons. The Morgan fingerprint density at radius 2 is 1.83 bits per heavy atom. The van der Waals surface area contributed by atoms with Gasteiger partial charge >= 0.3 is 6.18 Å². The normalized spacial score (nSPS) is 11.7. The molecule has 2 aromatic heterocycles. The lowest BCUT2D eigenvalue weighted by Crippen LogP contribution is -2.22. The van der Waals surface area contributed by atoms with Crippen LogP contribution in [0.4, 0.5) is 18.9 Å². The SMILES string of the molecule is Nc1cc(C(=O)[O-])cc(-c2ccc3cnn(-c4cccc(C(F)(F)F)n4)c3c2)c1. The van der Waals surface area contributed by atoms with Gasteiger partial charge in [0.05, 0.1) is 17.7 Å². The highest BCUT2D eigenvalue weighted by atomic mass is 19.4. The highest BCUT2D eigenvalue weighted by Crippen LogP contribution is 2.30. The van der Waals surface area contributed by atoms with Crippen molar-refractivity contribution in [3.63, 3.8) is 0 Å². The molecule has 0 aliphatic rings. The molecule has 0 unspecified atom stereocenters. The van der Waals surface area contributed by atoms with Crippen molar-refractivity contribution in [3.8, 4) is 16.9 Å². The van der Waals surface area contributed by atoms with E-state index in [9.17, 15) is 23.1 Å². The number of pyridine rings is 1. The van der Waals surface area contributed by atoms with Crippen LogP contribution in [0.5, 0.6) is 0 Å². The smallest absolute Gasteiger partial charge is 0.433 e. The number of carbonyl (C=O) groups is 1. The number of nitrogens with zero attached hydrogens (tertiary/aromatic N) is 3. The van der Waals surface area contributed by atoms with Crippen molar-refractivity contribution in [2.75, 3.05) is 5.73 Å². The maximum atomic E-state index is 13.0. The number of fused-ring (bicyclic) bond motifs is 1. The number of carboxylic acids is 1. The van der Waals surface area contributed by atoms with Crippen molar-refractivity contribution >= 4 is 22.6 Å². The van der Waals surface area contributed by atoms with Gasteiger partial charge in [-0.25, -0.2) is 9.67 Å². The number of carboxylic acid groups (broad SMARTS) is 1. The molecule has 0 fully saturated rings. The lowest BCUT2D eigenvalue weighted by atomic mass is 10.0. The molecule has 4 rings (SSSR count). The van der Waals surface area contributed by atoms with Crippen molar-refractivity contribution in [1.82, 2.24) is 14.8 Å². The summed E-state index contributed by atoms with van der Waals surface area (Å²) in [6.45, 7) is 0. The molecule has 2 heterocycles. The first-order chi connectivity index (χ1) is 13.7. The Morgan fingerprint density at radius 3 is 2.55 bits per heavy atom. The molecule has 0 aliphatic heterocycles. The average Bonchev–Trinajstić information content (AvgIpc) is 3.10. The van der Waals surface area contributed by atoms with E-state index >= 15 is 0 Å². The highest BCUT2D eigenvalue weighted by molar-refractivity contribution is 5.91. The molecule has 0 spiro atoms. The number of rotatable bonds is 3. The van der Waals surface area contributed by atoms with Gasteiger partial charge in [-0.05, 0) is 53.1 Å². The lowest BCUT2D eigenvalue weighted by Gasteiger charge is -2.10. The van der Waals surface area contributed by atoms with Gasteiger partial charge in [-0.3, -0.25) is 0 Å². The molecule has 0 radical (unpaired) electrons. The Kier molecular flexibility index (Phi) is 4.22. The van der Waals surface area contributed by atoms with Gasteiger partial charge in [0.2, 0.25) is 0 Å². The van der Waals surface area contributed by atoms with Crippen LogP contribution in [-0.4, -0.2) is 20.7 Å². The zero-order valence-corrected chi connectivity index (χ0v) is 14.6. The summed E-state index contributed by atoms with van der Waals surface area (Å²) in [4.78, 5) is 14.8. The number of anilines is 1. The first kappa shape index (κ1) is 18.5. The zero-order valence-electron chi connectivity index (χ0n) is 14.6. The molecular formula is C20H12F3N4O2-. The Hall–Kier alpha value is -3.88. The van der Waals surface area contributed by atoms with Crippen LogP contribution >= 0.6 is 0 Å². The number of halogens is 3. The zero-order chi connectivity index (χ0) is 20.8. The minimum Gasteiger partial charge on any atom is -0.545 e. The number of aromatic nitrogens is 3. The summed E-state index contributed by atoms with van der Waals surface area (Å²) >= 11 is 0. The number of hydrogen-bond donors (Lipinski definition) is 1. The van der Waals surface area contributed by atoms with Crippen LogP contribution in [0.25, 0.3) is 27.8 Å². The van der Waals surface area contributed by atoms with E-state index < -0.39 is 17.8 Å². The van der Waals surface area contributed by atoms with E-state index in [1.165, 1.54) is 35.1 Å². The first-order valence-corrected chi connectivity index (χ1v) is 8.37. The van der Waals surface area contributed by atoms with Gasteiger partial charge in [-0.2, -0.15) is 18.3 Å². The number of nitrogens with two attached hydrogens (primary N) is 1. The molecule has 2 aromatic carbocycles. The summed E-state index contributed by atoms with van der Waals surface area (Å²) in [5.74, 6) is -1.35. The second-order valence-corrected chi connectivity index (χ2v) is 6.34. The maximum Gasteiger partial charge on any atom is 0.433 e. The third-order valence-corrected chi connectivity index (χ3v) is 4.34. The minimum atomic E-state index is -4.58. The van der Waals surface area contributed by atoms with E-state index in [1.54, 1.807) is 24.3 Å². The number of hydrogen-bond acceptors (Lipinski definition) is 5. The molecule has 0 saturated carbocycles. The molecule has 29 heavy (non-hydrogen) atoms. The molecule has 0 saturated heterocycles. The Bertz CT molecular complexity index is 1250. The van der Waals surface area contributed by atoms with Crippen molar-refractivity contribution in [2.24, 2.45) is 0 Å². The van der Waals surface area contributed by atoms with E-state index in [1.807, 2.05) is 0 Å². The number of carbonyl (C=O) groups excluding carboxylic acids is 1. The van der Waals surface area contributed by atoms with Crippen molar-refractivity contribution in [1.29, 1.82) is 0 Å². The fraction of sp³-hybridized carbons (Fsp3) is 0.0500. The molecule has 6 nitrogen and oxygen atoms in total. The van der Waals surface area contributed by atoms with Gasteiger partial charge in [0.25, 0.3) is 0 Å². The van der Waals surface area contributed by atoms with E-state index in [0.717, 1.165) is 6.07 Å². The van der Waals surface area contributed by atoms with Gasteiger partial charge in [0, 0.05) is 11.1 Å². The van der Waals surface area contributed by atoms with Crippen LogP contribution in [-0.2, 0) is 6.18 Å². The van der Waals surface area contributed by atoms with Gasteiger partial charge < -0.3 is 15.6 Å². The largest absolute Gasteiger partial charge is 0.545 e. The molecule has 2 N–H and O–H groups in total. The summed E-state index contributed by atoms with van der Waals surface area (Å²) < 4.78 is 40.3. The number of aromatic carboxylic acids is 1. The van der Waals surface area contributed by atoms with Crippen molar-refractivity contribution in [3.05, 3.63) is 72.1 Å². The lowest BCUT2D eigenvalue weighted by molar-refractivity contribution is -0.255. The molecule has 0 bridgehead atoms. The number of benzene rings is 2.